The molecule has 0 atom stereocenters. The van der Waals surface area contributed by atoms with E-state index in [4.69, 9.17) is 16.0 Å². The van der Waals surface area contributed by atoms with Crippen molar-refractivity contribution in [3.8, 4) is 5.75 Å². The fourth-order valence-corrected chi connectivity index (χ4v) is 2.35. The standard InChI is InChI=1S/C16H11ClFNO3/c17-13-6-10(1-4-14(13)18)19-8-9-5-16(21)22-15-7-11(20)2-3-12(9)15/h1-7,19-20H,8H2. The molecule has 4 nitrogen and oxygen atoms in total. The predicted molar refractivity (Wildman–Crippen MR) is 82.9 cm³/mol. The smallest absolute Gasteiger partial charge is 0.336 e. The molecule has 0 aliphatic carbocycles. The molecule has 6 heteroatoms. The first kappa shape index (κ1) is 14.4. The summed E-state index contributed by atoms with van der Waals surface area (Å²) >= 11 is 5.73. The Kier molecular flexibility index (Phi) is 3.73. The number of nitrogens with one attached hydrogen (secondary N) is 1. The lowest BCUT2D eigenvalue weighted by Gasteiger charge is -2.09. The molecule has 22 heavy (non-hydrogen) atoms. The first-order valence-electron chi connectivity index (χ1n) is 6.47. The number of anilines is 1. The van der Waals surface area contributed by atoms with Crippen molar-refractivity contribution >= 4 is 28.3 Å². The van der Waals surface area contributed by atoms with E-state index in [1.54, 1.807) is 12.1 Å². The van der Waals surface area contributed by atoms with Crippen molar-refractivity contribution < 1.29 is 13.9 Å². The van der Waals surface area contributed by atoms with Crippen LogP contribution in [0, 0.1) is 5.82 Å². The summed E-state index contributed by atoms with van der Waals surface area (Å²) in [6.45, 7) is 0.328. The van der Waals surface area contributed by atoms with Gasteiger partial charge in [-0.05, 0) is 35.9 Å². The Hall–Kier alpha value is -2.53. The van der Waals surface area contributed by atoms with Gasteiger partial charge in [0.05, 0.1) is 5.02 Å². The van der Waals surface area contributed by atoms with Crippen molar-refractivity contribution in [3.05, 3.63) is 69.3 Å². The van der Waals surface area contributed by atoms with Crippen LogP contribution in [-0.2, 0) is 6.54 Å². The number of phenols is 1. The molecule has 0 unspecified atom stereocenters. The maximum Gasteiger partial charge on any atom is 0.336 e. The first-order chi connectivity index (χ1) is 10.5. The lowest BCUT2D eigenvalue weighted by molar-refractivity contribution is 0.473. The molecular weight excluding hydrogens is 309 g/mol. The number of benzene rings is 2. The van der Waals surface area contributed by atoms with Gasteiger partial charge in [-0.1, -0.05) is 11.6 Å². The minimum absolute atomic E-state index is 0.0195. The van der Waals surface area contributed by atoms with E-state index < -0.39 is 11.4 Å². The van der Waals surface area contributed by atoms with E-state index >= 15 is 0 Å². The van der Waals surface area contributed by atoms with Crippen molar-refractivity contribution in [3.63, 3.8) is 0 Å². The van der Waals surface area contributed by atoms with E-state index in [2.05, 4.69) is 5.32 Å². The molecular formula is C16H11ClFNO3. The van der Waals surface area contributed by atoms with Crippen LogP contribution in [0.4, 0.5) is 10.1 Å². The molecule has 0 amide bonds. The molecule has 2 aromatic carbocycles. The Morgan fingerprint density at radius 2 is 2.00 bits per heavy atom. The molecule has 3 aromatic rings. The van der Waals surface area contributed by atoms with Gasteiger partial charge in [-0.25, -0.2) is 9.18 Å². The highest BCUT2D eigenvalue weighted by Crippen LogP contribution is 2.24. The van der Waals surface area contributed by atoms with Crippen LogP contribution in [0.15, 0.2) is 51.7 Å². The maximum absolute atomic E-state index is 13.1. The van der Waals surface area contributed by atoms with Crippen molar-refractivity contribution in [1.82, 2.24) is 0 Å². The van der Waals surface area contributed by atoms with Crippen LogP contribution in [0.5, 0.6) is 5.75 Å². The Labute approximate surface area is 129 Å². The molecule has 0 saturated heterocycles. The number of aromatic hydroxyl groups is 1. The Balaban J connectivity index is 1.93. The molecule has 0 radical (unpaired) electrons. The number of fused-ring (bicyclic) bond motifs is 1. The summed E-state index contributed by atoms with van der Waals surface area (Å²) in [6.07, 6.45) is 0. The fraction of sp³-hybridized carbons (Fsp3) is 0.0625. The van der Waals surface area contributed by atoms with Gasteiger partial charge < -0.3 is 14.8 Å². The maximum atomic E-state index is 13.1. The normalized spacial score (nSPS) is 10.8. The number of halogens is 2. The summed E-state index contributed by atoms with van der Waals surface area (Å²) in [5.74, 6) is -0.473. The van der Waals surface area contributed by atoms with Gasteiger partial charge in [0, 0.05) is 29.8 Å². The summed E-state index contributed by atoms with van der Waals surface area (Å²) in [7, 11) is 0. The van der Waals surface area contributed by atoms with Gasteiger partial charge in [0.15, 0.2) is 0 Å². The first-order valence-corrected chi connectivity index (χ1v) is 6.85. The van der Waals surface area contributed by atoms with E-state index in [1.807, 2.05) is 0 Å². The predicted octanol–water partition coefficient (Wildman–Crippen LogP) is 3.90. The largest absolute Gasteiger partial charge is 0.508 e. The third-order valence-corrected chi connectivity index (χ3v) is 3.51. The molecule has 0 aliphatic heterocycles. The zero-order valence-electron chi connectivity index (χ0n) is 11.3. The van der Waals surface area contributed by atoms with Crippen LogP contribution >= 0.6 is 11.6 Å². The van der Waals surface area contributed by atoms with Gasteiger partial charge in [-0.15, -0.1) is 0 Å². The second-order valence-corrected chi connectivity index (χ2v) is 5.16. The summed E-state index contributed by atoms with van der Waals surface area (Å²) in [5, 5.41) is 13.2. The van der Waals surface area contributed by atoms with E-state index in [0.717, 1.165) is 0 Å². The second-order valence-electron chi connectivity index (χ2n) is 4.75. The molecule has 1 heterocycles. The van der Waals surface area contributed by atoms with Gasteiger partial charge in [0.1, 0.15) is 17.1 Å². The SMILES string of the molecule is O=c1cc(CNc2ccc(F)c(Cl)c2)c2ccc(O)cc2o1. The molecule has 0 aliphatic rings. The highest BCUT2D eigenvalue weighted by molar-refractivity contribution is 6.31. The minimum atomic E-state index is -0.507. The van der Waals surface area contributed by atoms with Gasteiger partial charge in [-0.3, -0.25) is 0 Å². The van der Waals surface area contributed by atoms with E-state index in [9.17, 15) is 14.3 Å². The van der Waals surface area contributed by atoms with Crippen LogP contribution in [0.1, 0.15) is 5.56 Å². The molecule has 0 bridgehead atoms. The fourth-order valence-electron chi connectivity index (χ4n) is 2.17. The minimum Gasteiger partial charge on any atom is -0.508 e. The zero-order valence-corrected chi connectivity index (χ0v) is 12.0. The van der Waals surface area contributed by atoms with Crippen molar-refractivity contribution in [2.24, 2.45) is 0 Å². The lowest BCUT2D eigenvalue weighted by Crippen LogP contribution is -2.05. The zero-order chi connectivity index (χ0) is 15.7. The average molecular weight is 320 g/mol. The highest BCUT2D eigenvalue weighted by Gasteiger charge is 2.07. The van der Waals surface area contributed by atoms with Crippen LogP contribution < -0.4 is 10.9 Å². The Morgan fingerprint density at radius 3 is 2.77 bits per heavy atom. The van der Waals surface area contributed by atoms with Crippen LogP contribution in [0.3, 0.4) is 0 Å². The number of hydrogen-bond donors (Lipinski definition) is 2. The van der Waals surface area contributed by atoms with Crippen LogP contribution in [-0.4, -0.2) is 5.11 Å². The number of rotatable bonds is 3. The highest BCUT2D eigenvalue weighted by atomic mass is 35.5. The topological polar surface area (TPSA) is 62.5 Å². The monoisotopic (exact) mass is 319 g/mol. The van der Waals surface area contributed by atoms with Crippen molar-refractivity contribution in [2.75, 3.05) is 5.32 Å². The van der Waals surface area contributed by atoms with Gasteiger partial charge in [0.2, 0.25) is 0 Å². The molecule has 0 fully saturated rings. The van der Waals surface area contributed by atoms with Crippen LogP contribution in [0.25, 0.3) is 11.0 Å². The molecule has 0 spiro atoms. The van der Waals surface area contributed by atoms with Gasteiger partial charge >= 0.3 is 5.63 Å². The number of phenolic OH excluding ortho intramolecular Hbond substituents is 1. The number of hydrogen-bond acceptors (Lipinski definition) is 4. The van der Waals surface area contributed by atoms with Gasteiger partial charge in [0.25, 0.3) is 0 Å². The molecule has 0 saturated carbocycles. The summed E-state index contributed by atoms with van der Waals surface area (Å²) in [5.41, 5.74) is 1.13. The molecule has 1 aromatic heterocycles. The summed E-state index contributed by atoms with van der Waals surface area (Å²) in [4.78, 5) is 11.6. The third-order valence-electron chi connectivity index (χ3n) is 3.22. The Bertz CT molecular complexity index is 908. The van der Waals surface area contributed by atoms with Crippen LogP contribution in [0.2, 0.25) is 5.02 Å². The van der Waals surface area contributed by atoms with E-state index in [-0.39, 0.29) is 10.8 Å². The summed E-state index contributed by atoms with van der Waals surface area (Å²) in [6, 6.07) is 10.2. The van der Waals surface area contributed by atoms with Gasteiger partial charge in [-0.2, -0.15) is 0 Å². The molecule has 2 N–H and O–H groups in total. The van der Waals surface area contributed by atoms with Crippen molar-refractivity contribution in [1.29, 1.82) is 0 Å². The summed E-state index contributed by atoms with van der Waals surface area (Å²) < 4.78 is 18.2. The second kappa shape index (κ2) is 5.69. The van der Waals surface area contributed by atoms with E-state index in [1.165, 1.54) is 30.3 Å². The third kappa shape index (κ3) is 2.89. The van der Waals surface area contributed by atoms with E-state index in [0.29, 0.717) is 28.8 Å². The molecule has 112 valence electrons. The lowest BCUT2D eigenvalue weighted by atomic mass is 10.1. The average Bonchev–Trinajstić information content (AvgIpc) is 2.47. The quantitative estimate of drug-likeness (QED) is 0.719. The Morgan fingerprint density at radius 1 is 1.18 bits per heavy atom. The van der Waals surface area contributed by atoms with Crippen molar-refractivity contribution in [2.45, 2.75) is 6.54 Å². The molecule has 3 rings (SSSR count).